The van der Waals surface area contributed by atoms with Crippen molar-refractivity contribution in [2.45, 2.75) is 12.5 Å². The van der Waals surface area contributed by atoms with Crippen molar-refractivity contribution in [1.82, 2.24) is 5.32 Å². The van der Waals surface area contributed by atoms with Gasteiger partial charge in [0.05, 0.1) is 6.10 Å². The van der Waals surface area contributed by atoms with E-state index >= 15 is 0 Å². The summed E-state index contributed by atoms with van der Waals surface area (Å²) in [5.74, 6) is 0. The standard InChI is InChI=1S/C18H23N3O2/c1-21(2)16-10-8-15(9-11-16)20-18(23)19-13-12-17(22)14-6-4-3-5-7-14/h3-11,17,22H,12-13H2,1-2H3,(H2,19,20,23). The van der Waals surface area contributed by atoms with Crippen LogP contribution < -0.4 is 15.5 Å². The van der Waals surface area contributed by atoms with E-state index < -0.39 is 6.10 Å². The number of hydrogen-bond acceptors (Lipinski definition) is 3. The van der Waals surface area contributed by atoms with Gasteiger partial charge in [0, 0.05) is 32.0 Å². The summed E-state index contributed by atoms with van der Waals surface area (Å²) < 4.78 is 0. The monoisotopic (exact) mass is 313 g/mol. The predicted molar refractivity (Wildman–Crippen MR) is 93.8 cm³/mol. The lowest BCUT2D eigenvalue weighted by Gasteiger charge is -2.14. The van der Waals surface area contributed by atoms with Crippen molar-refractivity contribution >= 4 is 17.4 Å². The molecule has 1 atom stereocenters. The van der Waals surface area contributed by atoms with Crippen molar-refractivity contribution in [1.29, 1.82) is 0 Å². The van der Waals surface area contributed by atoms with Gasteiger partial charge in [0.25, 0.3) is 0 Å². The number of carbonyl (C=O) groups excluding carboxylic acids is 1. The van der Waals surface area contributed by atoms with Crippen LogP contribution in [0.4, 0.5) is 16.2 Å². The molecule has 0 aliphatic rings. The molecule has 2 rings (SSSR count). The predicted octanol–water partition coefficient (Wildman–Crippen LogP) is 3.00. The molecule has 0 heterocycles. The molecule has 1 unspecified atom stereocenters. The van der Waals surface area contributed by atoms with Gasteiger partial charge < -0.3 is 20.6 Å². The normalized spacial score (nSPS) is 11.6. The Bertz CT molecular complexity index is 612. The van der Waals surface area contributed by atoms with Crippen LogP contribution in [-0.2, 0) is 0 Å². The number of benzene rings is 2. The van der Waals surface area contributed by atoms with Crippen LogP contribution in [0.3, 0.4) is 0 Å². The number of hydrogen-bond donors (Lipinski definition) is 3. The summed E-state index contributed by atoms with van der Waals surface area (Å²) in [7, 11) is 3.93. The molecule has 0 fully saturated rings. The van der Waals surface area contributed by atoms with Crippen molar-refractivity contribution in [3.05, 3.63) is 60.2 Å². The van der Waals surface area contributed by atoms with Crippen LogP contribution in [0.5, 0.6) is 0 Å². The zero-order chi connectivity index (χ0) is 16.7. The second kappa shape index (κ2) is 8.19. The van der Waals surface area contributed by atoms with Crippen molar-refractivity contribution in [2.24, 2.45) is 0 Å². The van der Waals surface area contributed by atoms with Gasteiger partial charge in [-0.2, -0.15) is 0 Å². The van der Waals surface area contributed by atoms with Crippen molar-refractivity contribution in [2.75, 3.05) is 30.9 Å². The first kappa shape index (κ1) is 16.8. The average molecular weight is 313 g/mol. The van der Waals surface area contributed by atoms with E-state index in [0.717, 1.165) is 16.9 Å². The molecule has 0 radical (unpaired) electrons. The maximum atomic E-state index is 11.8. The van der Waals surface area contributed by atoms with E-state index in [2.05, 4.69) is 10.6 Å². The zero-order valence-electron chi connectivity index (χ0n) is 13.5. The van der Waals surface area contributed by atoms with E-state index in [1.54, 1.807) is 0 Å². The fourth-order valence-corrected chi connectivity index (χ4v) is 2.18. The van der Waals surface area contributed by atoms with Gasteiger partial charge in [0.2, 0.25) is 0 Å². The second-order valence-electron chi connectivity index (χ2n) is 5.54. The zero-order valence-corrected chi connectivity index (χ0v) is 13.5. The van der Waals surface area contributed by atoms with Crippen LogP contribution in [0.15, 0.2) is 54.6 Å². The number of rotatable bonds is 6. The van der Waals surface area contributed by atoms with E-state index in [4.69, 9.17) is 0 Å². The molecule has 0 saturated carbocycles. The second-order valence-corrected chi connectivity index (χ2v) is 5.54. The average Bonchev–Trinajstić information content (AvgIpc) is 2.56. The molecule has 0 aliphatic heterocycles. The number of aliphatic hydroxyl groups excluding tert-OH is 1. The third-order valence-electron chi connectivity index (χ3n) is 3.53. The summed E-state index contributed by atoms with van der Waals surface area (Å²) in [5, 5.41) is 15.5. The molecule has 3 N–H and O–H groups in total. The molecule has 2 aromatic carbocycles. The molecule has 0 aliphatic carbocycles. The fourth-order valence-electron chi connectivity index (χ4n) is 2.18. The SMILES string of the molecule is CN(C)c1ccc(NC(=O)NCCC(O)c2ccccc2)cc1. The molecule has 5 heteroatoms. The summed E-state index contributed by atoms with van der Waals surface area (Å²) in [6.45, 7) is 0.400. The number of aliphatic hydroxyl groups is 1. The van der Waals surface area contributed by atoms with Gasteiger partial charge in [-0.25, -0.2) is 4.79 Å². The first-order chi connectivity index (χ1) is 11.1. The molecule has 0 saturated heterocycles. The molecular weight excluding hydrogens is 290 g/mol. The van der Waals surface area contributed by atoms with Crippen molar-refractivity contribution < 1.29 is 9.90 Å². The van der Waals surface area contributed by atoms with Crippen LogP contribution in [0.1, 0.15) is 18.1 Å². The summed E-state index contributed by atoms with van der Waals surface area (Å²) in [6.07, 6.45) is -0.104. The van der Waals surface area contributed by atoms with Gasteiger partial charge in [-0.05, 0) is 36.2 Å². The smallest absolute Gasteiger partial charge is 0.319 e. The Labute approximate surface area is 136 Å². The minimum absolute atomic E-state index is 0.275. The Morgan fingerprint density at radius 1 is 1.09 bits per heavy atom. The number of anilines is 2. The Kier molecular flexibility index (Phi) is 6.00. The lowest BCUT2D eigenvalue weighted by molar-refractivity contribution is 0.167. The lowest BCUT2D eigenvalue weighted by atomic mass is 10.1. The van der Waals surface area contributed by atoms with Crippen molar-refractivity contribution in [3.63, 3.8) is 0 Å². The fraction of sp³-hybridized carbons (Fsp3) is 0.278. The Morgan fingerprint density at radius 3 is 2.35 bits per heavy atom. The molecule has 0 spiro atoms. The van der Waals surface area contributed by atoms with Crippen LogP contribution in [0, 0.1) is 0 Å². The number of nitrogens with one attached hydrogen (secondary N) is 2. The molecule has 2 aromatic rings. The van der Waals surface area contributed by atoms with Crippen molar-refractivity contribution in [3.8, 4) is 0 Å². The maximum absolute atomic E-state index is 11.8. The van der Waals surface area contributed by atoms with E-state index in [-0.39, 0.29) is 6.03 Å². The minimum atomic E-state index is -0.573. The van der Waals surface area contributed by atoms with Gasteiger partial charge in [0.1, 0.15) is 0 Å². The Morgan fingerprint density at radius 2 is 1.74 bits per heavy atom. The number of nitrogens with zero attached hydrogens (tertiary/aromatic N) is 1. The van der Waals surface area contributed by atoms with Gasteiger partial charge in [-0.1, -0.05) is 30.3 Å². The van der Waals surface area contributed by atoms with Crippen LogP contribution in [0.2, 0.25) is 0 Å². The quantitative estimate of drug-likeness (QED) is 0.768. The number of urea groups is 1. The van der Waals surface area contributed by atoms with Crippen LogP contribution >= 0.6 is 0 Å². The molecular formula is C18H23N3O2. The Balaban J connectivity index is 1.75. The minimum Gasteiger partial charge on any atom is -0.388 e. The highest BCUT2D eigenvalue weighted by Gasteiger charge is 2.08. The van der Waals surface area contributed by atoms with Crippen LogP contribution in [-0.4, -0.2) is 31.8 Å². The Hall–Kier alpha value is -2.53. The van der Waals surface area contributed by atoms with Gasteiger partial charge in [-0.15, -0.1) is 0 Å². The molecule has 0 bridgehead atoms. The highest BCUT2D eigenvalue weighted by Crippen LogP contribution is 2.16. The number of amides is 2. The van der Waals surface area contributed by atoms with Gasteiger partial charge in [0.15, 0.2) is 0 Å². The maximum Gasteiger partial charge on any atom is 0.319 e. The first-order valence-electron chi connectivity index (χ1n) is 7.61. The topological polar surface area (TPSA) is 64.6 Å². The summed E-state index contributed by atoms with van der Waals surface area (Å²) >= 11 is 0. The van der Waals surface area contributed by atoms with Crippen LogP contribution in [0.25, 0.3) is 0 Å². The molecule has 23 heavy (non-hydrogen) atoms. The highest BCUT2D eigenvalue weighted by atomic mass is 16.3. The van der Waals surface area contributed by atoms with E-state index in [1.807, 2.05) is 73.6 Å². The van der Waals surface area contributed by atoms with E-state index in [0.29, 0.717) is 13.0 Å². The van der Waals surface area contributed by atoms with Gasteiger partial charge >= 0.3 is 6.03 Å². The molecule has 122 valence electrons. The third kappa shape index (κ3) is 5.30. The van der Waals surface area contributed by atoms with Gasteiger partial charge in [-0.3, -0.25) is 0 Å². The largest absolute Gasteiger partial charge is 0.388 e. The third-order valence-corrected chi connectivity index (χ3v) is 3.53. The molecule has 2 amide bonds. The molecule has 5 nitrogen and oxygen atoms in total. The van der Waals surface area contributed by atoms with E-state index in [9.17, 15) is 9.90 Å². The summed E-state index contributed by atoms with van der Waals surface area (Å²) in [6, 6.07) is 16.7. The van der Waals surface area contributed by atoms with E-state index in [1.165, 1.54) is 0 Å². The number of carbonyl (C=O) groups is 1. The summed E-state index contributed by atoms with van der Waals surface area (Å²) in [4.78, 5) is 13.8. The highest BCUT2D eigenvalue weighted by molar-refractivity contribution is 5.89. The lowest BCUT2D eigenvalue weighted by Crippen LogP contribution is -2.30. The first-order valence-corrected chi connectivity index (χ1v) is 7.61. The molecule has 0 aromatic heterocycles. The summed E-state index contributed by atoms with van der Waals surface area (Å²) in [5.41, 5.74) is 2.66.